The van der Waals surface area contributed by atoms with Gasteiger partial charge in [-0.15, -0.1) is 0 Å². The summed E-state index contributed by atoms with van der Waals surface area (Å²) in [4.78, 5) is 25.2. The molecule has 5 heteroatoms. The lowest BCUT2D eigenvalue weighted by atomic mass is 10.0. The summed E-state index contributed by atoms with van der Waals surface area (Å²) in [6.07, 6.45) is 0. The number of fused-ring (bicyclic) bond motifs is 3. The first-order valence-corrected chi connectivity index (χ1v) is 7.81. The Morgan fingerprint density at radius 2 is 1.72 bits per heavy atom. The average molecular weight is 333 g/mol. The Morgan fingerprint density at radius 3 is 2.44 bits per heavy atom. The molecular weight excluding hydrogens is 318 g/mol. The largest absolute Gasteiger partial charge is 0.464 e. The van der Waals surface area contributed by atoms with Gasteiger partial charge < -0.3 is 13.7 Å². The SMILES string of the molecule is COC(=O)c1c(-c2ccccc2)c2c(=O)oc3ccccc3c2n1C. The predicted molar refractivity (Wildman–Crippen MR) is 95.7 cm³/mol. The molecule has 0 saturated carbocycles. The normalized spacial score (nSPS) is 11.1. The fourth-order valence-corrected chi connectivity index (χ4v) is 3.32. The fraction of sp³-hybridized carbons (Fsp3) is 0.100. The van der Waals surface area contributed by atoms with Crippen molar-refractivity contribution in [2.45, 2.75) is 0 Å². The maximum atomic E-state index is 12.7. The number of hydrogen-bond donors (Lipinski definition) is 0. The lowest BCUT2D eigenvalue weighted by molar-refractivity contribution is 0.0591. The number of benzene rings is 2. The molecule has 0 aliphatic rings. The number of rotatable bonds is 2. The molecule has 0 amide bonds. The number of carbonyl (C=O) groups is 1. The Hall–Kier alpha value is -3.34. The van der Waals surface area contributed by atoms with Crippen molar-refractivity contribution in [3.05, 3.63) is 70.7 Å². The third-order valence-corrected chi connectivity index (χ3v) is 4.38. The average Bonchev–Trinajstić information content (AvgIpc) is 2.96. The number of nitrogens with zero attached hydrogens (tertiary/aromatic N) is 1. The second-order valence-corrected chi connectivity index (χ2v) is 5.75. The molecule has 0 atom stereocenters. The number of aromatic nitrogens is 1. The summed E-state index contributed by atoms with van der Waals surface area (Å²) >= 11 is 0. The third kappa shape index (κ3) is 2.16. The molecule has 4 aromatic rings. The highest BCUT2D eigenvalue weighted by molar-refractivity contribution is 6.14. The Kier molecular flexibility index (Phi) is 3.42. The van der Waals surface area contributed by atoms with E-state index in [-0.39, 0.29) is 0 Å². The second kappa shape index (κ2) is 5.63. The van der Waals surface area contributed by atoms with Crippen molar-refractivity contribution in [1.82, 2.24) is 4.57 Å². The van der Waals surface area contributed by atoms with Crippen LogP contribution in [0.15, 0.2) is 63.8 Å². The Bertz CT molecular complexity index is 1170. The maximum absolute atomic E-state index is 12.7. The van der Waals surface area contributed by atoms with Crippen molar-refractivity contribution >= 4 is 27.8 Å². The van der Waals surface area contributed by atoms with Crippen molar-refractivity contribution < 1.29 is 13.9 Å². The van der Waals surface area contributed by atoms with E-state index in [9.17, 15) is 9.59 Å². The fourth-order valence-electron chi connectivity index (χ4n) is 3.32. The van der Waals surface area contributed by atoms with Crippen LogP contribution in [0.3, 0.4) is 0 Å². The van der Waals surface area contributed by atoms with Crippen LogP contribution in [0.4, 0.5) is 0 Å². The van der Waals surface area contributed by atoms with Crippen LogP contribution in [0.2, 0.25) is 0 Å². The Morgan fingerprint density at radius 1 is 1.04 bits per heavy atom. The highest BCUT2D eigenvalue weighted by Crippen LogP contribution is 2.36. The van der Waals surface area contributed by atoms with Gasteiger partial charge >= 0.3 is 11.6 Å². The number of para-hydroxylation sites is 1. The number of aryl methyl sites for hydroxylation is 1. The van der Waals surface area contributed by atoms with Crippen LogP contribution in [0.1, 0.15) is 10.5 Å². The summed E-state index contributed by atoms with van der Waals surface area (Å²) in [7, 11) is 3.09. The first-order chi connectivity index (χ1) is 12.1. The summed E-state index contributed by atoms with van der Waals surface area (Å²) in [6, 6.07) is 16.6. The van der Waals surface area contributed by atoms with Gasteiger partial charge in [-0.05, 0) is 17.7 Å². The predicted octanol–water partition coefficient (Wildman–Crippen LogP) is 3.74. The van der Waals surface area contributed by atoms with E-state index in [0.717, 1.165) is 10.9 Å². The zero-order valence-electron chi connectivity index (χ0n) is 13.8. The van der Waals surface area contributed by atoms with E-state index in [1.54, 1.807) is 23.7 Å². The molecule has 5 nitrogen and oxygen atoms in total. The van der Waals surface area contributed by atoms with E-state index in [1.165, 1.54) is 7.11 Å². The highest BCUT2D eigenvalue weighted by Gasteiger charge is 2.26. The summed E-state index contributed by atoms with van der Waals surface area (Å²) in [5, 5.41) is 1.15. The van der Waals surface area contributed by atoms with Crippen LogP contribution in [-0.2, 0) is 11.8 Å². The van der Waals surface area contributed by atoms with Crippen LogP contribution in [0.5, 0.6) is 0 Å². The molecule has 0 saturated heterocycles. The van der Waals surface area contributed by atoms with E-state index < -0.39 is 11.6 Å². The highest BCUT2D eigenvalue weighted by atomic mass is 16.5. The number of ether oxygens (including phenoxy) is 1. The van der Waals surface area contributed by atoms with Gasteiger partial charge in [0.1, 0.15) is 11.3 Å². The molecule has 2 aromatic heterocycles. The molecule has 0 unspecified atom stereocenters. The van der Waals surface area contributed by atoms with E-state index in [4.69, 9.17) is 9.15 Å². The lowest BCUT2D eigenvalue weighted by Crippen LogP contribution is -2.08. The number of esters is 1. The Labute approximate surface area is 143 Å². The first-order valence-electron chi connectivity index (χ1n) is 7.81. The van der Waals surface area contributed by atoms with E-state index in [1.807, 2.05) is 42.5 Å². The van der Waals surface area contributed by atoms with Crippen molar-refractivity contribution in [1.29, 1.82) is 0 Å². The van der Waals surface area contributed by atoms with Gasteiger partial charge in [-0.25, -0.2) is 9.59 Å². The molecule has 2 heterocycles. The van der Waals surface area contributed by atoms with Crippen LogP contribution < -0.4 is 5.63 Å². The van der Waals surface area contributed by atoms with Gasteiger partial charge in [0.2, 0.25) is 0 Å². The molecule has 0 aliphatic heterocycles. The molecule has 0 bridgehead atoms. The van der Waals surface area contributed by atoms with Gasteiger partial charge in [-0.1, -0.05) is 42.5 Å². The van der Waals surface area contributed by atoms with E-state index in [2.05, 4.69) is 0 Å². The van der Waals surface area contributed by atoms with Crippen LogP contribution in [0, 0.1) is 0 Å². The van der Waals surface area contributed by atoms with Crippen molar-refractivity contribution in [2.24, 2.45) is 7.05 Å². The van der Waals surface area contributed by atoms with Crippen molar-refractivity contribution in [3.8, 4) is 11.1 Å². The van der Waals surface area contributed by atoms with Gasteiger partial charge in [0.05, 0.1) is 18.0 Å². The summed E-state index contributed by atoms with van der Waals surface area (Å²) in [6.45, 7) is 0. The molecular formula is C20H15NO4. The molecule has 2 aromatic carbocycles. The zero-order chi connectivity index (χ0) is 17.6. The van der Waals surface area contributed by atoms with Gasteiger partial charge in [0.25, 0.3) is 0 Å². The maximum Gasteiger partial charge on any atom is 0.355 e. The van der Waals surface area contributed by atoms with Crippen LogP contribution in [-0.4, -0.2) is 17.6 Å². The first kappa shape index (κ1) is 15.2. The molecule has 0 aliphatic carbocycles. The topological polar surface area (TPSA) is 61.4 Å². The molecule has 0 N–H and O–H groups in total. The monoisotopic (exact) mass is 333 g/mol. The van der Waals surface area contributed by atoms with Gasteiger partial charge in [0.15, 0.2) is 0 Å². The smallest absolute Gasteiger partial charge is 0.355 e. The minimum absolute atomic E-state index is 0.326. The summed E-state index contributed by atoms with van der Waals surface area (Å²) < 4.78 is 12.2. The third-order valence-electron chi connectivity index (χ3n) is 4.38. The number of carbonyl (C=O) groups excluding carboxylic acids is 1. The number of hydrogen-bond acceptors (Lipinski definition) is 4. The van der Waals surface area contributed by atoms with Crippen LogP contribution in [0.25, 0.3) is 33.0 Å². The molecule has 25 heavy (non-hydrogen) atoms. The van der Waals surface area contributed by atoms with E-state index >= 15 is 0 Å². The summed E-state index contributed by atoms with van der Waals surface area (Å²) in [5.41, 5.74) is 2.29. The lowest BCUT2D eigenvalue weighted by Gasteiger charge is -2.06. The molecule has 0 radical (unpaired) electrons. The minimum atomic E-state index is -0.499. The molecule has 124 valence electrons. The quantitative estimate of drug-likeness (QED) is 0.414. The molecule has 4 rings (SSSR count). The van der Waals surface area contributed by atoms with Crippen LogP contribution >= 0.6 is 0 Å². The number of methoxy groups -OCH3 is 1. The van der Waals surface area contributed by atoms with Crippen molar-refractivity contribution in [3.63, 3.8) is 0 Å². The molecule has 0 spiro atoms. The van der Waals surface area contributed by atoms with Crippen molar-refractivity contribution in [2.75, 3.05) is 7.11 Å². The van der Waals surface area contributed by atoms with Gasteiger partial charge in [-0.3, -0.25) is 0 Å². The zero-order valence-corrected chi connectivity index (χ0v) is 13.8. The molecule has 0 fully saturated rings. The minimum Gasteiger partial charge on any atom is -0.464 e. The van der Waals surface area contributed by atoms with Gasteiger partial charge in [0, 0.05) is 18.0 Å². The summed E-state index contributed by atoms with van der Waals surface area (Å²) in [5.74, 6) is -0.499. The van der Waals surface area contributed by atoms with E-state index in [0.29, 0.717) is 27.7 Å². The standard InChI is InChI=1S/C20H15NO4/c1-21-17-13-10-6-7-11-14(13)25-19(22)16(17)15(18(21)20(23)24-2)12-8-4-3-5-9-12/h3-11H,1-2H3. The Balaban J connectivity index is 2.29. The second-order valence-electron chi connectivity index (χ2n) is 5.75. The van der Waals surface area contributed by atoms with Gasteiger partial charge in [-0.2, -0.15) is 0 Å².